The van der Waals surface area contributed by atoms with E-state index in [-0.39, 0.29) is 23.8 Å². The molecule has 4 nitrogen and oxygen atoms in total. The van der Waals surface area contributed by atoms with Crippen LogP contribution in [0.15, 0.2) is 61.3 Å². The average molecular weight is 420 g/mol. The molecule has 0 fully saturated rings. The van der Waals surface area contributed by atoms with E-state index in [1.807, 2.05) is 6.08 Å². The van der Waals surface area contributed by atoms with Crippen LogP contribution in [0.4, 0.5) is 4.39 Å². The number of rotatable bonds is 7. The summed E-state index contributed by atoms with van der Waals surface area (Å²) in [6.45, 7) is 9.43. The molecule has 2 atom stereocenters. The average Bonchev–Trinajstić information content (AvgIpc) is 3.01. The second-order valence-corrected chi connectivity index (χ2v) is 8.79. The van der Waals surface area contributed by atoms with Crippen LogP contribution in [0.1, 0.15) is 43.0 Å². The minimum Gasteiger partial charge on any atom is -0.351 e. The van der Waals surface area contributed by atoms with Crippen molar-refractivity contribution in [2.75, 3.05) is 0 Å². The lowest BCUT2D eigenvalue weighted by atomic mass is 9.94. The van der Waals surface area contributed by atoms with Crippen molar-refractivity contribution in [3.63, 3.8) is 0 Å². The molecule has 2 N–H and O–H groups in total. The molecule has 2 heterocycles. The normalized spacial score (nSPS) is 18.2. The zero-order valence-corrected chi connectivity index (χ0v) is 18.2. The summed E-state index contributed by atoms with van der Waals surface area (Å²) in [6, 6.07) is 12.4. The van der Waals surface area contributed by atoms with Gasteiger partial charge in [-0.15, -0.1) is 6.58 Å². The second kappa shape index (κ2) is 9.06. The Hall–Kier alpha value is -2.92. The van der Waals surface area contributed by atoms with Crippen molar-refractivity contribution in [1.29, 1.82) is 0 Å². The van der Waals surface area contributed by atoms with Gasteiger partial charge in [0.05, 0.1) is 6.04 Å². The number of carbonyl (C=O) groups excluding carboxylic acids is 1. The van der Waals surface area contributed by atoms with Gasteiger partial charge in [0.1, 0.15) is 5.82 Å². The first kappa shape index (κ1) is 21.3. The van der Waals surface area contributed by atoms with E-state index in [1.165, 1.54) is 34.2 Å². The molecule has 1 aliphatic heterocycles. The Labute approximate surface area is 183 Å². The van der Waals surface area contributed by atoms with Crippen LogP contribution >= 0.6 is 0 Å². The summed E-state index contributed by atoms with van der Waals surface area (Å²) in [5.74, 6) is 0.186. The molecule has 0 radical (unpaired) electrons. The summed E-state index contributed by atoms with van der Waals surface area (Å²) in [5.41, 5.74) is 4.52. The Morgan fingerprint density at radius 3 is 2.77 bits per heavy atom. The highest BCUT2D eigenvalue weighted by Gasteiger charge is 2.30. The predicted molar refractivity (Wildman–Crippen MR) is 123 cm³/mol. The number of hydrogen-bond donors (Lipinski definition) is 2. The summed E-state index contributed by atoms with van der Waals surface area (Å²) in [4.78, 5) is 13.2. The number of aromatic nitrogens is 1. The molecule has 4 rings (SSSR count). The van der Waals surface area contributed by atoms with Gasteiger partial charge in [0, 0.05) is 36.2 Å². The first-order chi connectivity index (χ1) is 15.0. The zero-order valence-electron chi connectivity index (χ0n) is 18.2. The van der Waals surface area contributed by atoms with Crippen molar-refractivity contribution in [1.82, 2.24) is 15.2 Å². The van der Waals surface area contributed by atoms with Gasteiger partial charge in [0.15, 0.2) is 0 Å². The fraction of sp³-hybridized carbons (Fsp3) is 0.346. The van der Waals surface area contributed by atoms with Gasteiger partial charge in [-0.1, -0.05) is 44.2 Å². The summed E-state index contributed by atoms with van der Waals surface area (Å²) in [5, 5.41) is 7.93. The third kappa shape index (κ3) is 4.57. The van der Waals surface area contributed by atoms with Crippen LogP contribution < -0.4 is 10.6 Å². The largest absolute Gasteiger partial charge is 0.351 e. The quantitative estimate of drug-likeness (QED) is 0.536. The SMILES string of the molecule is C=CCn1cc2c3c(cccc31)C(CC(C)C)NC(C(=O)NCc1ccc(F)cc1)C2. The lowest BCUT2D eigenvalue weighted by Gasteiger charge is -2.25. The highest BCUT2D eigenvalue weighted by Crippen LogP contribution is 2.35. The molecule has 3 aromatic rings. The summed E-state index contributed by atoms with van der Waals surface area (Å²) >= 11 is 0. The van der Waals surface area contributed by atoms with Crippen molar-refractivity contribution in [2.45, 2.75) is 51.9 Å². The van der Waals surface area contributed by atoms with Crippen molar-refractivity contribution in [2.24, 2.45) is 5.92 Å². The molecule has 0 saturated heterocycles. The monoisotopic (exact) mass is 419 g/mol. The molecule has 0 aliphatic carbocycles. The maximum absolute atomic E-state index is 13.2. The molecule has 5 heteroatoms. The smallest absolute Gasteiger partial charge is 0.237 e. The molecule has 1 amide bonds. The lowest BCUT2D eigenvalue weighted by Crippen LogP contribution is -2.46. The number of amides is 1. The number of halogens is 1. The molecule has 1 aliphatic rings. The third-order valence-electron chi connectivity index (χ3n) is 5.95. The maximum Gasteiger partial charge on any atom is 0.237 e. The highest BCUT2D eigenvalue weighted by molar-refractivity contribution is 5.90. The van der Waals surface area contributed by atoms with E-state index >= 15 is 0 Å². The van der Waals surface area contributed by atoms with Crippen LogP contribution in [-0.4, -0.2) is 16.5 Å². The number of hydrogen-bond acceptors (Lipinski definition) is 2. The number of nitrogens with zero attached hydrogens (tertiary/aromatic N) is 1. The lowest BCUT2D eigenvalue weighted by molar-refractivity contribution is -0.123. The minimum atomic E-state index is -0.334. The van der Waals surface area contributed by atoms with Crippen molar-refractivity contribution >= 4 is 16.8 Å². The van der Waals surface area contributed by atoms with Crippen molar-refractivity contribution in [3.8, 4) is 0 Å². The summed E-state index contributed by atoms with van der Waals surface area (Å²) in [6.07, 6.45) is 5.64. The Balaban J connectivity index is 1.63. The first-order valence-corrected chi connectivity index (χ1v) is 11.0. The fourth-order valence-corrected chi connectivity index (χ4v) is 4.57. The number of benzene rings is 2. The van der Waals surface area contributed by atoms with Crippen LogP contribution in [0.2, 0.25) is 0 Å². The van der Waals surface area contributed by atoms with E-state index in [9.17, 15) is 9.18 Å². The topological polar surface area (TPSA) is 46.1 Å². The van der Waals surface area contributed by atoms with Gasteiger partial charge in [0.2, 0.25) is 5.91 Å². The zero-order chi connectivity index (χ0) is 22.0. The molecule has 162 valence electrons. The highest BCUT2D eigenvalue weighted by atomic mass is 19.1. The van der Waals surface area contributed by atoms with E-state index in [0.29, 0.717) is 18.9 Å². The number of nitrogens with one attached hydrogen (secondary N) is 2. The molecular formula is C26H30FN3O. The molecule has 0 bridgehead atoms. The van der Waals surface area contributed by atoms with E-state index in [0.717, 1.165) is 18.5 Å². The van der Waals surface area contributed by atoms with Crippen molar-refractivity contribution < 1.29 is 9.18 Å². The fourth-order valence-electron chi connectivity index (χ4n) is 4.57. The Morgan fingerprint density at radius 2 is 2.06 bits per heavy atom. The molecule has 2 aromatic carbocycles. The van der Waals surface area contributed by atoms with E-state index < -0.39 is 0 Å². The summed E-state index contributed by atoms with van der Waals surface area (Å²) < 4.78 is 15.4. The maximum atomic E-state index is 13.2. The third-order valence-corrected chi connectivity index (χ3v) is 5.95. The van der Waals surface area contributed by atoms with Gasteiger partial charge >= 0.3 is 0 Å². The molecule has 0 saturated carbocycles. The van der Waals surface area contributed by atoms with Crippen molar-refractivity contribution in [3.05, 3.63) is 83.8 Å². The Bertz CT molecular complexity index is 1080. The van der Waals surface area contributed by atoms with Gasteiger partial charge in [-0.3, -0.25) is 10.1 Å². The predicted octanol–water partition coefficient (Wildman–Crippen LogP) is 4.88. The molecule has 2 unspecified atom stereocenters. The summed E-state index contributed by atoms with van der Waals surface area (Å²) in [7, 11) is 0. The van der Waals surface area contributed by atoms with Crippen LogP contribution in [0.25, 0.3) is 10.9 Å². The van der Waals surface area contributed by atoms with Crippen LogP contribution in [0.5, 0.6) is 0 Å². The van der Waals surface area contributed by atoms with E-state index in [2.05, 4.69) is 60.0 Å². The van der Waals surface area contributed by atoms with Crippen LogP contribution in [0, 0.1) is 11.7 Å². The Kier molecular flexibility index (Phi) is 6.23. The standard InChI is InChI=1S/C26H30FN3O/c1-4-12-30-16-19-14-23(26(31)28-15-18-8-10-20(27)11-9-18)29-22(13-17(2)3)21-6-5-7-24(30)25(19)21/h4-11,16-17,22-23,29H,1,12-15H2,2-3H3,(H,28,31). The molecular weight excluding hydrogens is 389 g/mol. The van der Waals surface area contributed by atoms with Gasteiger partial charge in [-0.05, 0) is 53.6 Å². The van der Waals surface area contributed by atoms with Crippen LogP contribution in [-0.2, 0) is 24.3 Å². The van der Waals surface area contributed by atoms with Gasteiger partial charge in [-0.2, -0.15) is 0 Å². The second-order valence-electron chi connectivity index (χ2n) is 8.79. The van der Waals surface area contributed by atoms with E-state index in [1.54, 1.807) is 12.1 Å². The van der Waals surface area contributed by atoms with E-state index in [4.69, 9.17) is 0 Å². The molecule has 1 aromatic heterocycles. The van der Waals surface area contributed by atoms with Gasteiger partial charge in [0.25, 0.3) is 0 Å². The molecule has 31 heavy (non-hydrogen) atoms. The Morgan fingerprint density at radius 1 is 1.29 bits per heavy atom. The molecule has 0 spiro atoms. The minimum absolute atomic E-state index is 0.0319. The van der Waals surface area contributed by atoms with Crippen LogP contribution in [0.3, 0.4) is 0 Å². The van der Waals surface area contributed by atoms with Gasteiger partial charge in [-0.25, -0.2) is 4.39 Å². The van der Waals surface area contributed by atoms with Gasteiger partial charge < -0.3 is 9.88 Å². The number of allylic oxidation sites excluding steroid dienone is 1. The number of carbonyl (C=O) groups is 1. The first-order valence-electron chi connectivity index (χ1n) is 11.0.